The SMILES string of the molecule is O=C1NC(=O)/C(=C/c2cnn3c(NC4CC4)cc(NCc4ccccc4-c4cccc(Cl)c4)nc23)N1. The van der Waals surface area contributed by atoms with Crippen LogP contribution in [0.3, 0.4) is 0 Å². The van der Waals surface area contributed by atoms with Crippen LogP contribution in [0.2, 0.25) is 5.02 Å². The van der Waals surface area contributed by atoms with E-state index in [0.29, 0.717) is 34.6 Å². The first-order chi connectivity index (χ1) is 17.5. The molecule has 6 rings (SSSR count). The lowest BCUT2D eigenvalue weighted by molar-refractivity contribution is -0.115. The topological polar surface area (TPSA) is 112 Å². The minimum Gasteiger partial charge on any atom is -0.367 e. The van der Waals surface area contributed by atoms with Crippen molar-refractivity contribution in [2.45, 2.75) is 25.4 Å². The normalized spacial score (nSPS) is 16.3. The number of urea groups is 1. The molecule has 0 bridgehead atoms. The van der Waals surface area contributed by atoms with E-state index in [0.717, 1.165) is 35.3 Å². The predicted octanol–water partition coefficient (Wildman–Crippen LogP) is 4.42. The quantitative estimate of drug-likeness (QED) is 0.221. The van der Waals surface area contributed by atoms with Crippen LogP contribution < -0.4 is 21.3 Å². The third-order valence-electron chi connectivity index (χ3n) is 6.06. The summed E-state index contributed by atoms with van der Waals surface area (Å²) >= 11 is 6.23. The highest BCUT2D eigenvalue weighted by molar-refractivity contribution is 6.30. The van der Waals surface area contributed by atoms with Crippen LogP contribution in [-0.2, 0) is 11.3 Å². The Morgan fingerprint density at radius 3 is 2.72 bits per heavy atom. The molecule has 1 saturated carbocycles. The van der Waals surface area contributed by atoms with E-state index >= 15 is 0 Å². The Bertz CT molecular complexity index is 1540. The molecule has 2 aromatic heterocycles. The van der Waals surface area contributed by atoms with Crippen LogP contribution in [-0.4, -0.2) is 32.6 Å². The largest absolute Gasteiger partial charge is 0.367 e. The molecule has 4 N–H and O–H groups in total. The van der Waals surface area contributed by atoms with E-state index in [9.17, 15) is 9.59 Å². The number of anilines is 2. The highest BCUT2D eigenvalue weighted by atomic mass is 35.5. The monoisotopic (exact) mass is 499 g/mol. The summed E-state index contributed by atoms with van der Waals surface area (Å²) < 4.78 is 1.71. The van der Waals surface area contributed by atoms with Crippen molar-refractivity contribution in [3.63, 3.8) is 0 Å². The lowest BCUT2D eigenvalue weighted by Gasteiger charge is -2.14. The maximum Gasteiger partial charge on any atom is 0.326 e. The van der Waals surface area contributed by atoms with Gasteiger partial charge in [0.15, 0.2) is 5.65 Å². The minimum absolute atomic E-state index is 0.155. The Labute approximate surface area is 211 Å². The van der Waals surface area contributed by atoms with Crippen molar-refractivity contribution >= 4 is 46.9 Å². The van der Waals surface area contributed by atoms with E-state index in [2.05, 4.69) is 38.5 Å². The third-order valence-corrected chi connectivity index (χ3v) is 6.30. The van der Waals surface area contributed by atoms with Crippen molar-refractivity contribution in [2.75, 3.05) is 10.6 Å². The van der Waals surface area contributed by atoms with Gasteiger partial charge in [-0.3, -0.25) is 10.1 Å². The van der Waals surface area contributed by atoms with Crippen LogP contribution in [0, 0.1) is 0 Å². The fourth-order valence-corrected chi connectivity index (χ4v) is 4.34. The lowest BCUT2D eigenvalue weighted by atomic mass is 10.00. The molecule has 36 heavy (non-hydrogen) atoms. The molecule has 1 aliphatic heterocycles. The van der Waals surface area contributed by atoms with Crippen LogP contribution in [0.15, 0.2) is 66.5 Å². The molecule has 0 spiro atoms. The molecule has 0 unspecified atom stereocenters. The first-order valence-electron chi connectivity index (χ1n) is 11.6. The average Bonchev–Trinajstić information content (AvgIpc) is 3.51. The maximum atomic E-state index is 12.0. The van der Waals surface area contributed by atoms with E-state index < -0.39 is 11.9 Å². The molecule has 3 amide bonds. The molecule has 2 fully saturated rings. The molecule has 0 atom stereocenters. The fraction of sp³-hybridized carbons (Fsp3) is 0.154. The first-order valence-corrected chi connectivity index (χ1v) is 12.0. The van der Waals surface area contributed by atoms with Crippen LogP contribution in [0.4, 0.5) is 16.4 Å². The van der Waals surface area contributed by atoms with Crippen molar-refractivity contribution in [2.24, 2.45) is 0 Å². The summed E-state index contributed by atoms with van der Waals surface area (Å²) in [6, 6.07) is 17.7. The van der Waals surface area contributed by atoms with Gasteiger partial charge in [0.1, 0.15) is 17.3 Å². The Balaban J connectivity index is 1.34. The van der Waals surface area contributed by atoms with Crippen molar-refractivity contribution in [1.82, 2.24) is 25.2 Å². The molecule has 0 radical (unpaired) electrons. The van der Waals surface area contributed by atoms with Crippen molar-refractivity contribution < 1.29 is 9.59 Å². The van der Waals surface area contributed by atoms with Crippen molar-refractivity contribution in [1.29, 1.82) is 0 Å². The molecule has 10 heteroatoms. The summed E-state index contributed by atoms with van der Waals surface area (Å²) in [6.45, 7) is 0.539. The molecule has 9 nitrogen and oxygen atoms in total. The number of rotatable bonds is 7. The molecule has 3 heterocycles. The standard InChI is InChI=1S/C26H22ClN7O2/c27-18-6-3-5-15(10-18)20-7-2-1-4-16(20)13-28-22-12-23(30-19-8-9-19)34-24(32-22)17(14-29-34)11-21-25(35)33-26(36)31-21/h1-7,10-12,14,19,30H,8-9,13H2,(H,28,32)(H2,31,33,35,36)/b21-11-. The lowest BCUT2D eigenvalue weighted by Crippen LogP contribution is -2.22. The number of amides is 3. The number of nitrogens with one attached hydrogen (secondary N) is 4. The second kappa shape index (κ2) is 9.01. The molecular formula is C26H22ClN7O2. The number of carbonyl (C=O) groups is 2. The predicted molar refractivity (Wildman–Crippen MR) is 138 cm³/mol. The Morgan fingerprint density at radius 1 is 1.08 bits per heavy atom. The van der Waals surface area contributed by atoms with Gasteiger partial charge >= 0.3 is 6.03 Å². The fourth-order valence-electron chi connectivity index (χ4n) is 4.15. The van der Waals surface area contributed by atoms with Crippen LogP contribution in [0.25, 0.3) is 22.9 Å². The van der Waals surface area contributed by atoms with Gasteiger partial charge in [0.25, 0.3) is 5.91 Å². The number of hydrogen-bond donors (Lipinski definition) is 4. The number of carbonyl (C=O) groups excluding carboxylic acids is 2. The number of hydrogen-bond acceptors (Lipinski definition) is 6. The molecule has 4 aromatic rings. The molecule has 2 aromatic carbocycles. The summed E-state index contributed by atoms with van der Waals surface area (Å²) in [5.41, 5.74) is 4.56. The van der Waals surface area contributed by atoms with Gasteiger partial charge < -0.3 is 16.0 Å². The first kappa shape index (κ1) is 22.1. The van der Waals surface area contributed by atoms with Crippen LogP contribution in [0.1, 0.15) is 24.0 Å². The van der Waals surface area contributed by atoms with Gasteiger partial charge in [-0.1, -0.05) is 48.0 Å². The Kier molecular flexibility index (Phi) is 5.54. The summed E-state index contributed by atoms with van der Waals surface area (Å²) in [5.74, 6) is 0.979. The van der Waals surface area contributed by atoms with Gasteiger partial charge in [-0.2, -0.15) is 9.61 Å². The number of aromatic nitrogens is 3. The van der Waals surface area contributed by atoms with E-state index in [1.165, 1.54) is 0 Å². The maximum absolute atomic E-state index is 12.0. The summed E-state index contributed by atoms with van der Waals surface area (Å²) in [6.07, 6.45) is 5.41. The third kappa shape index (κ3) is 4.48. The second-order valence-electron chi connectivity index (χ2n) is 8.77. The number of nitrogens with zero attached hydrogens (tertiary/aromatic N) is 3. The van der Waals surface area contributed by atoms with Gasteiger partial charge in [-0.05, 0) is 47.7 Å². The van der Waals surface area contributed by atoms with Crippen LogP contribution in [0.5, 0.6) is 0 Å². The van der Waals surface area contributed by atoms with E-state index in [1.54, 1.807) is 16.8 Å². The minimum atomic E-state index is -0.549. The Morgan fingerprint density at radius 2 is 1.94 bits per heavy atom. The van der Waals surface area contributed by atoms with Crippen molar-refractivity contribution in [3.8, 4) is 11.1 Å². The second-order valence-corrected chi connectivity index (χ2v) is 9.20. The molecule has 180 valence electrons. The number of fused-ring (bicyclic) bond motifs is 1. The zero-order chi connectivity index (χ0) is 24.6. The molecule has 2 aliphatic rings. The zero-order valence-corrected chi connectivity index (χ0v) is 19.8. The molecular weight excluding hydrogens is 478 g/mol. The van der Waals surface area contributed by atoms with E-state index in [-0.39, 0.29) is 5.70 Å². The summed E-state index contributed by atoms with van der Waals surface area (Å²) in [4.78, 5) is 28.3. The molecule has 1 saturated heterocycles. The van der Waals surface area contributed by atoms with E-state index in [4.69, 9.17) is 16.6 Å². The highest BCUT2D eigenvalue weighted by Gasteiger charge is 2.25. The van der Waals surface area contributed by atoms with E-state index in [1.807, 2.05) is 42.5 Å². The van der Waals surface area contributed by atoms with Gasteiger partial charge in [0.2, 0.25) is 0 Å². The number of benzene rings is 2. The highest BCUT2D eigenvalue weighted by Crippen LogP contribution is 2.29. The Hall–Kier alpha value is -4.37. The van der Waals surface area contributed by atoms with Crippen molar-refractivity contribution in [3.05, 3.63) is 82.6 Å². The van der Waals surface area contributed by atoms with Gasteiger partial charge in [-0.25, -0.2) is 9.78 Å². The van der Waals surface area contributed by atoms with Gasteiger partial charge in [0.05, 0.1) is 6.20 Å². The average molecular weight is 500 g/mol. The summed E-state index contributed by atoms with van der Waals surface area (Å²) in [5, 5.41) is 16.8. The smallest absolute Gasteiger partial charge is 0.326 e. The molecule has 1 aliphatic carbocycles. The van der Waals surface area contributed by atoms with Gasteiger partial charge in [0, 0.05) is 29.2 Å². The van der Waals surface area contributed by atoms with Crippen LogP contribution >= 0.6 is 11.6 Å². The summed E-state index contributed by atoms with van der Waals surface area (Å²) in [7, 11) is 0. The number of imide groups is 1. The number of halogens is 1. The van der Waals surface area contributed by atoms with Gasteiger partial charge in [-0.15, -0.1) is 0 Å². The zero-order valence-electron chi connectivity index (χ0n) is 19.1.